The molecular weight excluding hydrogens is 243 g/mol. The standard InChI is InChI=1S/C16H13FO2/c1-19-15-9-2-12(3-10-15)4-11-16(18)13-5-7-14(17)8-6-13/h2-3,5-10,16,18H,1H3. The second-order valence-electron chi connectivity index (χ2n) is 3.95. The molecule has 0 spiro atoms. The lowest BCUT2D eigenvalue weighted by Gasteiger charge is -2.02. The Morgan fingerprint density at radius 3 is 2.26 bits per heavy atom. The number of methoxy groups -OCH3 is 1. The van der Waals surface area contributed by atoms with E-state index in [9.17, 15) is 9.50 Å². The van der Waals surface area contributed by atoms with E-state index in [1.807, 2.05) is 12.1 Å². The van der Waals surface area contributed by atoms with E-state index in [1.165, 1.54) is 24.3 Å². The lowest BCUT2D eigenvalue weighted by molar-refractivity contribution is 0.238. The first-order valence-electron chi connectivity index (χ1n) is 5.78. The van der Waals surface area contributed by atoms with Crippen LogP contribution in [0.1, 0.15) is 17.2 Å². The van der Waals surface area contributed by atoms with Gasteiger partial charge in [-0.15, -0.1) is 0 Å². The van der Waals surface area contributed by atoms with E-state index in [2.05, 4.69) is 11.8 Å². The van der Waals surface area contributed by atoms with E-state index in [0.717, 1.165) is 11.3 Å². The van der Waals surface area contributed by atoms with Crippen LogP contribution >= 0.6 is 0 Å². The van der Waals surface area contributed by atoms with Gasteiger partial charge in [-0.1, -0.05) is 24.0 Å². The Hall–Kier alpha value is -2.31. The SMILES string of the molecule is COc1ccc(C#CC(O)c2ccc(F)cc2)cc1. The number of halogens is 1. The molecule has 1 N–H and O–H groups in total. The Labute approximate surface area is 111 Å². The van der Waals surface area contributed by atoms with Crippen molar-refractivity contribution in [1.29, 1.82) is 0 Å². The maximum absolute atomic E-state index is 12.7. The molecule has 2 rings (SSSR count). The smallest absolute Gasteiger partial charge is 0.140 e. The van der Waals surface area contributed by atoms with Crippen molar-refractivity contribution in [2.45, 2.75) is 6.10 Å². The molecule has 0 bridgehead atoms. The zero-order chi connectivity index (χ0) is 13.7. The average molecular weight is 256 g/mol. The van der Waals surface area contributed by atoms with Gasteiger partial charge in [0.15, 0.2) is 0 Å². The molecule has 0 fully saturated rings. The van der Waals surface area contributed by atoms with Gasteiger partial charge >= 0.3 is 0 Å². The Morgan fingerprint density at radius 1 is 1.05 bits per heavy atom. The fraction of sp³-hybridized carbons (Fsp3) is 0.125. The van der Waals surface area contributed by atoms with Crippen molar-refractivity contribution in [3.63, 3.8) is 0 Å². The normalized spacial score (nSPS) is 11.3. The van der Waals surface area contributed by atoms with E-state index in [0.29, 0.717) is 5.56 Å². The van der Waals surface area contributed by atoms with Crippen LogP contribution in [0.15, 0.2) is 48.5 Å². The lowest BCUT2D eigenvalue weighted by Crippen LogP contribution is -1.93. The van der Waals surface area contributed by atoms with Crippen LogP contribution in [0, 0.1) is 17.7 Å². The first-order valence-corrected chi connectivity index (χ1v) is 5.78. The topological polar surface area (TPSA) is 29.5 Å². The van der Waals surface area contributed by atoms with E-state index in [4.69, 9.17) is 4.74 Å². The van der Waals surface area contributed by atoms with Crippen molar-refractivity contribution in [2.24, 2.45) is 0 Å². The van der Waals surface area contributed by atoms with Gasteiger partial charge in [0, 0.05) is 5.56 Å². The number of ether oxygens (including phenoxy) is 1. The highest BCUT2D eigenvalue weighted by molar-refractivity contribution is 5.40. The zero-order valence-corrected chi connectivity index (χ0v) is 10.4. The van der Waals surface area contributed by atoms with E-state index >= 15 is 0 Å². The maximum atomic E-state index is 12.7. The Bertz CT molecular complexity index is 591. The van der Waals surface area contributed by atoms with Crippen molar-refractivity contribution >= 4 is 0 Å². The molecule has 3 heteroatoms. The minimum Gasteiger partial charge on any atom is -0.497 e. The van der Waals surface area contributed by atoms with Gasteiger partial charge in [-0.05, 0) is 42.0 Å². The van der Waals surface area contributed by atoms with Gasteiger partial charge in [0.2, 0.25) is 0 Å². The summed E-state index contributed by atoms with van der Waals surface area (Å²) in [4.78, 5) is 0. The zero-order valence-electron chi connectivity index (χ0n) is 10.4. The molecule has 0 heterocycles. The second-order valence-corrected chi connectivity index (χ2v) is 3.95. The summed E-state index contributed by atoms with van der Waals surface area (Å²) in [5, 5.41) is 9.85. The summed E-state index contributed by atoms with van der Waals surface area (Å²) in [6.45, 7) is 0. The van der Waals surface area contributed by atoms with E-state index < -0.39 is 6.10 Å². The molecule has 0 saturated heterocycles. The number of aliphatic hydroxyl groups is 1. The van der Waals surface area contributed by atoms with Crippen LogP contribution in [0.25, 0.3) is 0 Å². The molecule has 2 nitrogen and oxygen atoms in total. The van der Waals surface area contributed by atoms with Gasteiger partial charge < -0.3 is 9.84 Å². The third kappa shape index (κ3) is 3.57. The van der Waals surface area contributed by atoms with Crippen LogP contribution in [0.5, 0.6) is 5.75 Å². The summed E-state index contributed by atoms with van der Waals surface area (Å²) in [6.07, 6.45) is -0.928. The summed E-state index contributed by atoms with van der Waals surface area (Å²) in [7, 11) is 1.60. The second kappa shape index (κ2) is 6.03. The average Bonchev–Trinajstić information content (AvgIpc) is 2.46. The minimum atomic E-state index is -0.928. The number of rotatable bonds is 2. The molecule has 0 radical (unpaired) electrons. The van der Waals surface area contributed by atoms with Crippen LogP contribution in [0.4, 0.5) is 4.39 Å². The van der Waals surface area contributed by atoms with Crippen molar-refractivity contribution in [3.05, 3.63) is 65.5 Å². The molecular formula is C16H13FO2. The fourth-order valence-electron chi connectivity index (χ4n) is 1.55. The van der Waals surface area contributed by atoms with Gasteiger partial charge in [-0.3, -0.25) is 0 Å². The van der Waals surface area contributed by atoms with Gasteiger partial charge in [0.05, 0.1) is 7.11 Å². The van der Waals surface area contributed by atoms with Crippen LogP contribution in [-0.2, 0) is 0 Å². The summed E-state index contributed by atoms with van der Waals surface area (Å²) in [5.74, 6) is 5.99. The molecule has 0 amide bonds. The van der Waals surface area contributed by atoms with Gasteiger partial charge in [0.25, 0.3) is 0 Å². The molecule has 19 heavy (non-hydrogen) atoms. The molecule has 1 atom stereocenters. The molecule has 0 aliphatic rings. The predicted molar refractivity (Wildman–Crippen MR) is 71.2 cm³/mol. The third-order valence-electron chi connectivity index (χ3n) is 2.63. The molecule has 0 aliphatic heterocycles. The van der Waals surface area contributed by atoms with Gasteiger partial charge in [-0.2, -0.15) is 0 Å². The minimum absolute atomic E-state index is 0.334. The molecule has 0 saturated carbocycles. The highest BCUT2D eigenvalue weighted by atomic mass is 19.1. The number of aliphatic hydroxyl groups excluding tert-OH is 1. The van der Waals surface area contributed by atoms with Gasteiger partial charge in [-0.25, -0.2) is 4.39 Å². The predicted octanol–water partition coefficient (Wildman–Crippen LogP) is 2.92. The fourth-order valence-corrected chi connectivity index (χ4v) is 1.55. The molecule has 0 aliphatic carbocycles. The number of hydrogen-bond acceptors (Lipinski definition) is 2. The third-order valence-corrected chi connectivity index (χ3v) is 2.63. The van der Waals surface area contributed by atoms with Crippen LogP contribution in [-0.4, -0.2) is 12.2 Å². The molecule has 1 unspecified atom stereocenters. The van der Waals surface area contributed by atoms with Gasteiger partial charge in [0.1, 0.15) is 17.7 Å². The molecule has 2 aromatic carbocycles. The Balaban J connectivity index is 2.11. The Kier molecular flexibility index (Phi) is 4.17. The molecule has 96 valence electrons. The summed E-state index contributed by atoms with van der Waals surface area (Å²) < 4.78 is 17.8. The summed E-state index contributed by atoms with van der Waals surface area (Å²) >= 11 is 0. The van der Waals surface area contributed by atoms with E-state index in [-0.39, 0.29) is 5.82 Å². The monoisotopic (exact) mass is 256 g/mol. The van der Waals surface area contributed by atoms with Crippen molar-refractivity contribution in [3.8, 4) is 17.6 Å². The quantitative estimate of drug-likeness (QED) is 0.837. The van der Waals surface area contributed by atoms with Crippen molar-refractivity contribution < 1.29 is 14.2 Å². The molecule has 0 aromatic heterocycles. The first-order chi connectivity index (χ1) is 9.19. The number of benzene rings is 2. The lowest BCUT2D eigenvalue weighted by atomic mass is 10.1. The summed E-state index contributed by atoms with van der Waals surface area (Å²) in [6, 6.07) is 12.8. The maximum Gasteiger partial charge on any atom is 0.140 e. The van der Waals surface area contributed by atoms with Crippen molar-refractivity contribution in [1.82, 2.24) is 0 Å². The van der Waals surface area contributed by atoms with E-state index in [1.54, 1.807) is 19.2 Å². The Morgan fingerprint density at radius 2 is 1.68 bits per heavy atom. The number of hydrogen-bond donors (Lipinski definition) is 1. The van der Waals surface area contributed by atoms with Crippen LogP contribution in [0.2, 0.25) is 0 Å². The molecule has 2 aromatic rings. The van der Waals surface area contributed by atoms with Crippen molar-refractivity contribution in [2.75, 3.05) is 7.11 Å². The first kappa shape index (κ1) is 13.1. The van der Waals surface area contributed by atoms with Crippen LogP contribution in [0.3, 0.4) is 0 Å². The van der Waals surface area contributed by atoms with Crippen LogP contribution < -0.4 is 4.74 Å². The highest BCUT2D eigenvalue weighted by Gasteiger charge is 2.02. The highest BCUT2D eigenvalue weighted by Crippen LogP contribution is 2.13. The largest absolute Gasteiger partial charge is 0.497 e. The summed E-state index contributed by atoms with van der Waals surface area (Å²) in [5.41, 5.74) is 1.35.